The van der Waals surface area contributed by atoms with E-state index in [1.807, 2.05) is 0 Å². The minimum absolute atomic E-state index is 0.0261. The number of alkyl halides is 2. The van der Waals surface area contributed by atoms with Gasteiger partial charge in [0, 0.05) is 12.5 Å². The van der Waals surface area contributed by atoms with E-state index in [1.165, 1.54) is 0 Å². The summed E-state index contributed by atoms with van der Waals surface area (Å²) in [7, 11) is 0. The fraction of sp³-hybridized carbons (Fsp3) is 1.00. The number of halogens is 2. The third-order valence-electron chi connectivity index (χ3n) is 2.84. The summed E-state index contributed by atoms with van der Waals surface area (Å²) in [6.45, 7) is 0. The predicted molar refractivity (Wildman–Crippen MR) is 44.7 cm³/mol. The Morgan fingerprint density at radius 2 is 1.69 bits per heavy atom. The second-order valence-electron chi connectivity index (χ2n) is 4.13. The quantitative estimate of drug-likeness (QED) is 0.720. The maximum atomic E-state index is 12.5. The highest BCUT2D eigenvalue weighted by Gasteiger charge is 2.59. The zero-order valence-corrected chi connectivity index (χ0v) is 7.51. The van der Waals surface area contributed by atoms with Gasteiger partial charge in [-0.2, -0.15) is 0 Å². The lowest BCUT2D eigenvalue weighted by Gasteiger charge is -2.26. The van der Waals surface area contributed by atoms with E-state index in [4.69, 9.17) is 10.5 Å². The average molecular weight is 191 g/mol. The summed E-state index contributed by atoms with van der Waals surface area (Å²) in [4.78, 5) is 0. The van der Waals surface area contributed by atoms with Crippen molar-refractivity contribution >= 4 is 0 Å². The van der Waals surface area contributed by atoms with Crippen molar-refractivity contribution in [2.24, 2.45) is 5.73 Å². The number of nitrogens with two attached hydrogens (primary N) is 1. The van der Waals surface area contributed by atoms with Gasteiger partial charge in [-0.1, -0.05) is 0 Å². The molecule has 0 spiro atoms. The van der Waals surface area contributed by atoms with Crippen molar-refractivity contribution in [3.05, 3.63) is 0 Å². The van der Waals surface area contributed by atoms with Crippen LogP contribution in [0.5, 0.6) is 0 Å². The fourth-order valence-corrected chi connectivity index (χ4v) is 1.79. The van der Waals surface area contributed by atoms with Gasteiger partial charge in [0.1, 0.15) is 6.10 Å². The van der Waals surface area contributed by atoms with Gasteiger partial charge >= 0.3 is 0 Å². The van der Waals surface area contributed by atoms with Gasteiger partial charge in [-0.15, -0.1) is 0 Å². The molecule has 0 aliphatic heterocycles. The lowest BCUT2D eigenvalue weighted by Crippen LogP contribution is -2.31. The van der Waals surface area contributed by atoms with E-state index in [0.717, 1.165) is 25.7 Å². The Hall–Kier alpha value is -0.220. The molecule has 2 rings (SSSR count). The molecule has 2 saturated carbocycles. The SMILES string of the molecule is NC1CCC(OC2CC2(F)F)CC1. The maximum absolute atomic E-state index is 12.5. The van der Waals surface area contributed by atoms with E-state index >= 15 is 0 Å². The second-order valence-corrected chi connectivity index (χ2v) is 4.13. The number of rotatable bonds is 2. The van der Waals surface area contributed by atoms with Crippen LogP contribution in [0.1, 0.15) is 32.1 Å². The highest BCUT2D eigenvalue weighted by molar-refractivity contribution is 4.97. The summed E-state index contributed by atoms with van der Waals surface area (Å²) in [5.41, 5.74) is 5.69. The van der Waals surface area contributed by atoms with Crippen LogP contribution in [0.25, 0.3) is 0 Å². The van der Waals surface area contributed by atoms with Crippen LogP contribution in [0.4, 0.5) is 8.78 Å². The Balaban J connectivity index is 1.72. The van der Waals surface area contributed by atoms with Crippen molar-refractivity contribution in [2.45, 2.75) is 56.3 Å². The van der Waals surface area contributed by atoms with Crippen LogP contribution >= 0.6 is 0 Å². The van der Waals surface area contributed by atoms with Crippen LogP contribution in [0, 0.1) is 0 Å². The van der Waals surface area contributed by atoms with Gasteiger partial charge in [0.25, 0.3) is 5.92 Å². The molecular formula is C9H15F2NO. The van der Waals surface area contributed by atoms with Gasteiger partial charge in [-0.25, -0.2) is 8.78 Å². The molecular weight excluding hydrogens is 176 g/mol. The number of hydrogen-bond acceptors (Lipinski definition) is 2. The van der Waals surface area contributed by atoms with Crippen molar-refractivity contribution in [1.82, 2.24) is 0 Å². The number of ether oxygens (including phenoxy) is 1. The summed E-state index contributed by atoms with van der Waals surface area (Å²) in [6, 6.07) is 0.250. The van der Waals surface area contributed by atoms with E-state index in [0.29, 0.717) is 0 Å². The first-order chi connectivity index (χ1) is 6.08. The molecule has 2 nitrogen and oxygen atoms in total. The first kappa shape index (κ1) is 9.34. The average Bonchev–Trinajstić information content (AvgIpc) is 2.64. The normalized spacial score (nSPS) is 43.2. The zero-order chi connectivity index (χ0) is 9.47. The minimum Gasteiger partial charge on any atom is -0.368 e. The first-order valence-electron chi connectivity index (χ1n) is 4.87. The topological polar surface area (TPSA) is 35.2 Å². The first-order valence-corrected chi connectivity index (χ1v) is 4.87. The van der Waals surface area contributed by atoms with Crippen molar-refractivity contribution < 1.29 is 13.5 Å². The van der Waals surface area contributed by atoms with Gasteiger partial charge < -0.3 is 10.5 Å². The summed E-state index contributed by atoms with van der Waals surface area (Å²) in [5.74, 6) is -2.54. The van der Waals surface area contributed by atoms with E-state index in [9.17, 15) is 8.78 Å². The molecule has 1 unspecified atom stereocenters. The summed E-state index contributed by atoms with van der Waals surface area (Å²) < 4.78 is 30.2. The highest BCUT2D eigenvalue weighted by Crippen LogP contribution is 2.45. The maximum Gasteiger partial charge on any atom is 0.276 e. The van der Waals surface area contributed by atoms with Crippen molar-refractivity contribution in [1.29, 1.82) is 0 Å². The Morgan fingerprint density at radius 1 is 1.15 bits per heavy atom. The van der Waals surface area contributed by atoms with Crippen molar-refractivity contribution in [3.8, 4) is 0 Å². The zero-order valence-electron chi connectivity index (χ0n) is 7.51. The molecule has 0 aromatic heterocycles. The molecule has 2 aliphatic rings. The van der Waals surface area contributed by atoms with E-state index < -0.39 is 12.0 Å². The molecule has 0 aromatic carbocycles. The molecule has 0 aromatic rings. The third-order valence-corrected chi connectivity index (χ3v) is 2.84. The Kier molecular flexibility index (Phi) is 2.28. The predicted octanol–water partition coefficient (Wildman–Crippen LogP) is 1.68. The molecule has 2 N–H and O–H groups in total. The Labute approximate surface area is 76.4 Å². The molecule has 2 fully saturated rings. The van der Waals surface area contributed by atoms with Gasteiger partial charge in [-0.3, -0.25) is 0 Å². The van der Waals surface area contributed by atoms with Gasteiger partial charge in [0.2, 0.25) is 0 Å². The smallest absolute Gasteiger partial charge is 0.276 e. The molecule has 13 heavy (non-hydrogen) atoms. The molecule has 0 radical (unpaired) electrons. The van der Waals surface area contributed by atoms with Gasteiger partial charge in [0.05, 0.1) is 6.10 Å². The fourth-order valence-electron chi connectivity index (χ4n) is 1.79. The van der Waals surface area contributed by atoms with E-state index in [1.54, 1.807) is 0 Å². The molecule has 76 valence electrons. The van der Waals surface area contributed by atoms with Gasteiger partial charge in [0.15, 0.2) is 0 Å². The van der Waals surface area contributed by atoms with E-state index in [-0.39, 0.29) is 18.6 Å². The van der Waals surface area contributed by atoms with E-state index in [2.05, 4.69) is 0 Å². The Bertz CT molecular complexity index is 190. The van der Waals surface area contributed by atoms with Crippen LogP contribution in [-0.2, 0) is 4.74 Å². The summed E-state index contributed by atoms with van der Waals surface area (Å²) in [6.07, 6.45) is 2.63. The van der Waals surface area contributed by atoms with Crippen LogP contribution in [0.15, 0.2) is 0 Å². The number of hydrogen-bond donors (Lipinski definition) is 1. The molecule has 0 amide bonds. The lowest BCUT2D eigenvalue weighted by molar-refractivity contribution is -0.0406. The molecule has 2 aliphatic carbocycles. The molecule has 0 saturated heterocycles. The minimum atomic E-state index is -2.54. The molecule has 4 heteroatoms. The Morgan fingerprint density at radius 3 is 2.15 bits per heavy atom. The van der Waals surface area contributed by atoms with Crippen LogP contribution < -0.4 is 5.73 Å². The van der Waals surface area contributed by atoms with Crippen molar-refractivity contribution in [2.75, 3.05) is 0 Å². The van der Waals surface area contributed by atoms with Crippen molar-refractivity contribution in [3.63, 3.8) is 0 Å². The molecule has 0 heterocycles. The van der Waals surface area contributed by atoms with Crippen LogP contribution in [0.3, 0.4) is 0 Å². The highest BCUT2D eigenvalue weighted by atomic mass is 19.3. The second kappa shape index (κ2) is 3.17. The molecule has 1 atom stereocenters. The monoisotopic (exact) mass is 191 g/mol. The summed E-state index contributed by atoms with van der Waals surface area (Å²) >= 11 is 0. The standard InChI is InChI=1S/C9H15F2NO/c10-9(11)5-8(9)13-7-3-1-6(12)2-4-7/h6-8H,1-5,12H2. The van der Waals surface area contributed by atoms with Gasteiger partial charge in [-0.05, 0) is 25.7 Å². The largest absolute Gasteiger partial charge is 0.368 e. The lowest BCUT2D eigenvalue weighted by atomic mass is 9.94. The van der Waals surface area contributed by atoms with Crippen LogP contribution in [-0.4, -0.2) is 24.2 Å². The summed E-state index contributed by atoms with van der Waals surface area (Å²) in [5, 5.41) is 0. The third kappa shape index (κ3) is 2.17. The molecule has 0 bridgehead atoms. The van der Waals surface area contributed by atoms with Crippen LogP contribution in [0.2, 0.25) is 0 Å².